The number of aryl methyl sites for hydroxylation is 1. The number of rotatable bonds is 6. The third-order valence-corrected chi connectivity index (χ3v) is 3.27. The average molecular weight is 332 g/mol. The Morgan fingerprint density at radius 2 is 1.64 bits per heavy atom. The molecule has 1 aromatic rings. The minimum atomic E-state index is -6.33. The van der Waals surface area contributed by atoms with Crippen LogP contribution in [0.5, 0.6) is 0 Å². The SMILES string of the molecule is CCc1cccc(C(CC(F)(F)C(F)(F)C(F)(F)F)OC)c1. The summed E-state index contributed by atoms with van der Waals surface area (Å²) in [6.45, 7) is 1.79. The van der Waals surface area contributed by atoms with E-state index in [4.69, 9.17) is 4.74 Å². The van der Waals surface area contributed by atoms with Crippen molar-refractivity contribution in [2.24, 2.45) is 0 Å². The Hall–Kier alpha value is -1.31. The molecular formula is C14H15F7O. The van der Waals surface area contributed by atoms with E-state index in [1.54, 1.807) is 13.0 Å². The van der Waals surface area contributed by atoms with Crippen molar-refractivity contribution in [2.75, 3.05) is 7.11 Å². The van der Waals surface area contributed by atoms with Crippen LogP contribution in [0.15, 0.2) is 24.3 Å². The maximum Gasteiger partial charge on any atom is 0.459 e. The molecule has 0 bridgehead atoms. The summed E-state index contributed by atoms with van der Waals surface area (Å²) < 4.78 is 93.9. The van der Waals surface area contributed by atoms with Gasteiger partial charge in [0.25, 0.3) is 0 Å². The standard InChI is InChI=1S/C14H15F7O/c1-3-9-5-4-6-10(7-9)11(22-2)8-12(15,16)13(17,18)14(19,20)21/h4-7,11H,3,8H2,1-2H3. The first-order chi connectivity index (χ1) is 9.96. The van der Waals surface area contributed by atoms with E-state index in [0.717, 1.165) is 12.7 Å². The van der Waals surface area contributed by atoms with Gasteiger partial charge < -0.3 is 4.74 Å². The van der Waals surface area contributed by atoms with Crippen molar-refractivity contribution in [1.82, 2.24) is 0 Å². The number of hydrogen-bond acceptors (Lipinski definition) is 1. The summed E-state index contributed by atoms with van der Waals surface area (Å²) in [6, 6.07) is 5.96. The predicted octanol–water partition coefficient (Wildman–Crippen LogP) is 5.16. The molecule has 0 aromatic heterocycles. The largest absolute Gasteiger partial charge is 0.459 e. The number of halogens is 7. The summed E-state index contributed by atoms with van der Waals surface area (Å²) in [5.41, 5.74) is 0.852. The van der Waals surface area contributed by atoms with Crippen LogP contribution in [0.25, 0.3) is 0 Å². The first-order valence-electron chi connectivity index (χ1n) is 6.40. The molecule has 0 fully saturated rings. The van der Waals surface area contributed by atoms with Gasteiger partial charge in [0.15, 0.2) is 0 Å². The van der Waals surface area contributed by atoms with Crippen LogP contribution in [0, 0.1) is 0 Å². The molecule has 0 aliphatic rings. The number of methoxy groups -OCH3 is 1. The molecule has 8 heteroatoms. The summed E-state index contributed by atoms with van der Waals surface area (Å²) in [7, 11) is 0.977. The second kappa shape index (κ2) is 6.44. The number of alkyl halides is 7. The highest BCUT2D eigenvalue weighted by molar-refractivity contribution is 5.25. The van der Waals surface area contributed by atoms with Crippen LogP contribution in [0.4, 0.5) is 30.7 Å². The summed E-state index contributed by atoms with van der Waals surface area (Å²) >= 11 is 0. The van der Waals surface area contributed by atoms with Gasteiger partial charge in [0.2, 0.25) is 0 Å². The zero-order valence-corrected chi connectivity index (χ0v) is 11.9. The maximum atomic E-state index is 13.5. The molecule has 1 rings (SSSR count). The Kier molecular flexibility index (Phi) is 5.48. The molecule has 0 saturated heterocycles. The second-order valence-corrected chi connectivity index (χ2v) is 4.80. The van der Waals surface area contributed by atoms with Gasteiger partial charge in [-0.3, -0.25) is 0 Å². The minimum absolute atomic E-state index is 0.125. The van der Waals surface area contributed by atoms with Crippen molar-refractivity contribution >= 4 is 0 Å². The molecule has 1 atom stereocenters. The third kappa shape index (κ3) is 3.71. The number of ether oxygens (including phenoxy) is 1. The van der Waals surface area contributed by atoms with Crippen molar-refractivity contribution < 1.29 is 35.5 Å². The molecule has 0 amide bonds. The van der Waals surface area contributed by atoms with Crippen molar-refractivity contribution in [3.05, 3.63) is 35.4 Å². The highest BCUT2D eigenvalue weighted by Gasteiger charge is 2.73. The molecule has 1 nitrogen and oxygen atoms in total. The lowest BCUT2D eigenvalue weighted by Crippen LogP contribution is -2.52. The Morgan fingerprint density at radius 3 is 2.09 bits per heavy atom. The molecule has 0 aliphatic carbocycles. The Morgan fingerprint density at radius 1 is 1.05 bits per heavy atom. The first-order valence-corrected chi connectivity index (χ1v) is 6.40. The molecule has 0 heterocycles. The van der Waals surface area contributed by atoms with Crippen molar-refractivity contribution in [3.63, 3.8) is 0 Å². The maximum absolute atomic E-state index is 13.5. The van der Waals surface area contributed by atoms with Crippen molar-refractivity contribution in [1.29, 1.82) is 0 Å². The van der Waals surface area contributed by atoms with Gasteiger partial charge in [0.1, 0.15) is 0 Å². The van der Waals surface area contributed by atoms with Gasteiger partial charge in [-0.2, -0.15) is 30.7 Å². The van der Waals surface area contributed by atoms with Crippen LogP contribution in [0.2, 0.25) is 0 Å². The third-order valence-electron chi connectivity index (χ3n) is 3.27. The van der Waals surface area contributed by atoms with E-state index in [2.05, 4.69) is 0 Å². The van der Waals surface area contributed by atoms with E-state index in [-0.39, 0.29) is 5.56 Å². The molecule has 0 saturated carbocycles. The van der Waals surface area contributed by atoms with Gasteiger partial charge in [0, 0.05) is 13.5 Å². The van der Waals surface area contributed by atoms with E-state index in [0.29, 0.717) is 6.42 Å². The summed E-state index contributed by atoms with van der Waals surface area (Å²) in [6.07, 6.45) is -9.13. The second-order valence-electron chi connectivity index (χ2n) is 4.80. The van der Waals surface area contributed by atoms with Gasteiger partial charge in [-0.15, -0.1) is 0 Å². The van der Waals surface area contributed by atoms with Crippen molar-refractivity contribution in [2.45, 2.75) is 43.9 Å². The normalized spacial score (nSPS) is 15.0. The molecule has 0 aliphatic heterocycles. The zero-order valence-electron chi connectivity index (χ0n) is 11.9. The fourth-order valence-electron chi connectivity index (χ4n) is 1.92. The fourth-order valence-corrected chi connectivity index (χ4v) is 1.92. The zero-order chi connectivity index (χ0) is 17.2. The molecular weight excluding hydrogens is 317 g/mol. The van der Waals surface area contributed by atoms with Crippen LogP contribution in [-0.4, -0.2) is 25.1 Å². The predicted molar refractivity (Wildman–Crippen MR) is 66.1 cm³/mol. The van der Waals surface area contributed by atoms with E-state index >= 15 is 0 Å². The Bertz CT molecular complexity index is 496. The summed E-state index contributed by atoms with van der Waals surface area (Å²) in [5.74, 6) is -11.4. The minimum Gasteiger partial charge on any atom is -0.377 e. The van der Waals surface area contributed by atoms with E-state index in [1.165, 1.54) is 18.2 Å². The van der Waals surface area contributed by atoms with Crippen LogP contribution in [-0.2, 0) is 11.2 Å². The molecule has 1 aromatic carbocycles. The first kappa shape index (κ1) is 18.7. The summed E-state index contributed by atoms with van der Waals surface area (Å²) in [4.78, 5) is 0. The molecule has 22 heavy (non-hydrogen) atoms. The topological polar surface area (TPSA) is 9.23 Å². The fraction of sp³-hybridized carbons (Fsp3) is 0.571. The Balaban J connectivity index is 3.07. The van der Waals surface area contributed by atoms with Crippen LogP contribution in [0.1, 0.15) is 30.6 Å². The molecule has 0 N–H and O–H groups in total. The van der Waals surface area contributed by atoms with E-state index in [1.807, 2.05) is 0 Å². The van der Waals surface area contributed by atoms with Gasteiger partial charge in [-0.05, 0) is 17.5 Å². The lowest BCUT2D eigenvalue weighted by atomic mass is 9.97. The number of benzene rings is 1. The van der Waals surface area contributed by atoms with Gasteiger partial charge in [-0.1, -0.05) is 31.2 Å². The quantitative estimate of drug-likeness (QED) is 0.654. The monoisotopic (exact) mass is 332 g/mol. The van der Waals surface area contributed by atoms with E-state index < -0.39 is 30.5 Å². The van der Waals surface area contributed by atoms with Crippen LogP contribution >= 0.6 is 0 Å². The molecule has 0 radical (unpaired) electrons. The highest BCUT2D eigenvalue weighted by atomic mass is 19.4. The molecule has 126 valence electrons. The molecule has 1 unspecified atom stereocenters. The summed E-state index contributed by atoms with van der Waals surface area (Å²) in [5, 5.41) is 0. The lowest BCUT2D eigenvalue weighted by molar-refractivity contribution is -0.358. The smallest absolute Gasteiger partial charge is 0.377 e. The van der Waals surface area contributed by atoms with Gasteiger partial charge in [0.05, 0.1) is 6.10 Å². The average Bonchev–Trinajstić information content (AvgIpc) is 2.43. The van der Waals surface area contributed by atoms with E-state index in [9.17, 15) is 30.7 Å². The van der Waals surface area contributed by atoms with Crippen LogP contribution < -0.4 is 0 Å². The Labute approximate surface area is 123 Å². The van der Waals surface area contributed by atoms with Gasteiger partial charge in [-0.25, -0.2) is 0 Å². The highest BCUT2D eigenvalue weighted by Crippen LogP contribution is 2.50. The van der Waals surface area contributed by atoms with Crippen LogP contribution in [0.3, 0.4) is 0 Å². The number of hydrogen-bond donors (Lipinski definition) is 0. The lowest BCUT2D eigenvalue weighted by Gasteiger charge is -2.30. The molecule has 0 spiro atoms. The van der Waals surface area contributed by atoms with Crippen molar-refractivity contribution in [3.8, 4) is 0 Å². The van der Waals surface area contributed by atoms with Gasteiger partial charge >= 0.3 is 18.0 Å².